The van der Waals surface area contributed by atoms with Crippen LogP contribution in [0.25, 0.3) is 0 Å². The minimum Gasteiger partial charge on any atom is -0.383 e. The largest absolute Gasteiger partial charge is 0.416 e. The lowest BCUT2D eigenvalue weighted by molar-refractivity contribution is -0.137. The summed E-state index contributed by atoms with van der Waals surface area (Å²) in [7, 11) is 0. The van der Waals surface area contributed by atoms with Gasteiger partial charge in [0.2, 0.25) is 0 Å². The maximum absolute atomic E-state index is 12.9. The number of nitrogens with two attached hydrogens (primary N) is 1. The van der Waals surface area contributed by atoms with E-state index >= 15 is 0 Å². The zero-order chi connectivity index (χ0) is 22.8. The summed E-state index contributed by atoms with van der Waals surface area (Å²) in [6.07, 6.45) is -2.53. The number of benzene rings is 1. The summed E-state index contributed by atoms with van der Waals surface area (Å²) in [5.74, 6) is -1.05. The van der Waals surface area contributed by atoms with Crippen LogP contribution < -0.4 is 22.3 Å². The molecule has 0 fully saturated rings. The van der Waals surface area contributed by atoms with Crippen LogP contribution >= 0.6 is 0 Å². The van der Waals surface area contributed by atoms with Crippen molar-refractivity contribution in [1.82, 2.24) is 19.3 Å². The maximum atomic E-state index is 12.9. The number of rotatable bonds is 6. The van der Waals surface area contributed by atoms with Crippen LogP contribution in [-0.2, 0) is 19.3 Å². The van der Waals surface area contributed by atoms with E-state index in [0.717, 1.165) is 16.7 Å². The second-order valence-corrected chi connectivity index (χ2v) is 6.73. The number of aromatic nitrogens is 4. The van der Waals surface area contributed by atoms with Crippen molar-refractivity contribution in [1.29, 1.82) is 0 Å². The van der Waals surface area contributed by atoms with Crippen molar-refractivity contribution in [2.45, 2.75) is 32.6 Å². The highest BCUT2D eigenvalue weighted by Gasteiger charge is 2.30. The molecule has 2 aromatic heterocycles. The summed E-state index contributed by atoms with van der Waals surface area (Å²) in [5.41, 5.74) is 3.42. The van der Waals surface area contributed by atoms with Crippen LogP contribution in [0.2, 0.25) is 0 Å². The average Bonchev–Trinajstić information content (AvgIpc) is 3.16. The molecule has 0 saturated carbocycles. The number of hydrogen-bond acceptors (Lipinski definition) is 5. The van der Waals surface area contributed by atoms with Crippen LogP contribution in [0.1, 0.15) is 35.0 Å². The molecule has 4 N–H and O–H groups in total. The number of alkyl halides is 3. The van der Waals surface area contributed by atoms with E-state index in [-0.39, 0.29) is 30.3 Å². The van der Waals surface area contributed by atoms with Gasteiger partial charge in [0.25, 0.3) is 11.5 Å². The van der Waals surface area contributed by atoms with Gasteiger partial charge in [0, 0.05) is 12.7 Å². The Kier molecular flexibility index (Phi) is 5.99. The second kappa shape index (κ2) is 8.50. The second-order valence-electron chi connectivity index (χ2n) is 6.73. The number of nitrogen functional groups attached to an aromatic ring is 1. The number of hydrogen-bond donors (Lipinski definition) is 3. The van der Waals surface area contributed by atoms with Crippen LogP contribution in [0.5, 0.6) is 0 Å². The van der Waals surface area contributed by atoms with Gasteiger partial charge in [0.05, 0.1) is 12.1 Å². The number of carbonyl (C=O) groups excluding carboxylic acids is 1. The van der Waals surface area contributed by atoms with E-state index in [1.807, 2.05) is 0 Å². The Morgan fingerprint density at radius 1 is 1.26 bits per heavy atom. The fourth-order valence-corrected chi connectivity index (χ4v) is 2.92. The summed E-state index contributed by atoms with van der Waals surface area (Å²) in [4.78, 5) is 39.1. The molecule has 0 bridgehead atoms. The molecule has 9 nitrogen and oxygen atoms in total. The minimum absolute atomic E-state index is 0.00129. The number of nitrogens with one attached hydrogen (secondary N) is 2. The van der Waals surface area contributed by atoms with Gasteiger partial charge in [0.1, 0.15) is 11.5 Å². The van der Waals surface area contributed by atoms with E-state index in [1.54, 1.807) is 6.92 Å². The first kappa shape index (κ1) is 21.9. The van der Waals surface area contributed by atoms with Crippen molar-refractivity contribution >= 4 is 17.4 Å². The summed E-state index contributed by atoms with van der Waals surface area (Å²) in [6, 6.07) is 6.10. The summed E-state index contributed by atoms with van der Waals surface area (Å²) in [5, 5.41) is 6.37. The molecule has 3 aromatic rings. The summed E-state index contributed by atoms with van der Waals surface area (Å²) < 4.78 is 40.8. The van der Waals surface area contributed by atoms with Gasteiger partial charge < -0.3 is 11.1 Å². The van der Waals surface area contributed by atoms with Gasteiger partial charge >= 0.3 is 11.9 Å². The number of carbonyl (C=O) groups is 1. The predicted molar refractivity (Wildman–Crippen MR) is 107 cm³/mol. The Bertz CT molecular complexity index is 1230. The standard InChI is InChI=1S/C19H19F3N6O3/c1-2-7-28-17(30)14(15(23)25-18(28)31)24-16(29)13-6-8-27(26-13)10-11-4-3-5-12(9-11)19(20,21)22/h3-6,8-9H,2,7,10,23H2,1H3,(H,24,29)(H,25,31). The van der Waals surface area contributed by atoms with E-state index in [2.05, 4.69) is 15.4 Å². The lowest BCUT2D eigenvalue weighted by Gasteiger charge is -2.10. The van der Waals surface area contributed by atoms with E-state index in [0.29, 0.717) is 12.0 Å². The van der Waals surface area contributed by atoms with Gasteiger partial charge in [-0.15, -0.1) is 0 Å². The van der Waals surface area contributed by atoms with Crippen molar-refractivity contribution in [3.8, 4) is 0 Å². The molecule has 3 rings (SSSR count). The molecule has 0 atom stereocenters. The van der Waals surface area contributed by atoms with Crippen molar-refractivity contribution in [3.63, 3.8) is 0 Å². The quantitative estimate of drug-likeness (QED) is 0.545. The van der Waals surface area contributed by atoms with E-state index in [1.165, 1.54) is 29.1 Å². The number of H-pyrrole nitrogens is 1. The summed E-state index contributed by atoms with van der Waals surface area (Å²) in [6.45, 7) is 1.92. The molecule has 0 radical (unpaired) electrons. The average molecular weight is 436 g/mol. The normalized spacial score (nSPS) is 11.5. The van der Waals surface area contributed by atoms with Gasteiger partial charge in [-0.3, -0.25) is 23.8 Å². The molecule has 0 saturated heterocycles. The Morgan fingerprint density at radius 3 is 2.68 bits per heavy atom. The zero-order valence-electron chi connectivity index (χ0n) is 16.4. The molecule has 31 heavy (non-hydrogen) atoms. The first-order chi connectivity index (χ1) is 14.6. The molecule has 1 aromatic carbocycles. The molecule has 164 valence electrons. The van der Waals surface area contributed by atoms with Crippen molar-refractivity contribution < 1.29 is 18.0 Å². The molecule has 12 heteroatoms. The van der Waals surface area contributed by atoms with E-state index in [9.17, 15) is 27.6 Å². The highest BCUT2D eigenvalue weighted by Crippen LogP contribution is 2.29. The molecular formula is C19H19F3N6O3. The molecule has 0 aliphatic carbocycles. The minimum atomic E-state index is -4.47. The van der Waals surface area contributed by atoms with Crippen LogP contribution in [0, 0.1) is 0 Å². The van der Waals surface area contributed by atoms with Crippen LogP contribution in [-0.4, -0.2) is 25.2 Å². The predicted octanol–water partition coefficient (Wildman–Crippen LogP) is 2.04. The number of amides is 1. The van der Waals surface area contributed by atoms with E-state index < -0.39 is 28.9 Å². The maximum Gasteiger partial charge on any atom is 0.416 e. The molecule has 0 unspecified atom stereocenters. The number of halogens is 3. The smallest absolute Gasteiger partial charge is 0.383 e. The third-order valence-electron chi connectivity index (χ3n) is 4.37. The Hall–Kier alpha value is -3.83. The Labute approximate surface area is 173 Å². The SMILES string of the molecule is CCCn1c(=O)[nH]c(N)c(NC(=O)c2ccn(Cc3cccc(C(F)(F)F)c3)n2)c1=O. The third-order valence-corrected chi connectivity index (χ3v) is 4.37. The fourth-order valence-electron chi connectivity index (χ4n) is 2.92. The molecule has 0 spiro atoms. The van der Waals surface area contributed by atoms with Crippen molar-refractivity contribution in [3.05, 3.63) is 74.2 Å². The monoisotopic (exact) mass is 436 g/mol. The molecule has 2 heterocycles. The third kappa shape index (κ3) is 4.85. The summed E-state index contributed by atoms with van der Waals surface area (Å²) >= 11 is 0. The Balaban J connectivity index is 1.80. The zero-order valence-corrected chi connectivity index (χ0v) is 16.4. The topological polar surface area (TPSA) is 128 Å². The molecule has 0 aliphatic rings. The fraction of sp³-hybridized carbons (Fsp3) is 0.263. The van der Waals surface area contributed by atoms with Crippen molar-refractivity contribution in [2.24, 2.45) is 0 Å². The molecular weight excluding hydrogens is 417 g/mol. The first-order valence-corrected chi connectivity index (χ1v) is 9.23. The lowest BCUT2D eigenvalue weighted by atomic mass is 10.1. The number of aromatic amines is 1. The number of anilines is 2. The lowest BCUT2D eigenvalue weighted by Crippen LogP contribution is -2.38. The van der Waals surface area contributed by atoms with Crippen LogP contribution in [0.4, 0.5) is 24.7 Å². The highest BCUT2D eigenvalue weighted by atomic mass is 19.4. The molecule has 1 amide bonds. The Morgan fingerprint density at radius 2 is 2.00 bits per heavy atom. The van der Waals surface area contributed by atoms with Gasteiger partial charge in [0.15, 0.2) is 5.69 Å². The highest BCUT2D eigenvalue weighted by molar-refractivity contribution is 6.03. The van der Waals surface area contributed by atoms with E-state index in [4.69, 9.17) is 5.73 Å². The van der Waals surface area contributed by atoms with Crippen LogP contribution in [0.3, 0.4) is 0 Å². The van der Waals surface area contributed by atoms with Gasteiger partial charge in [-0.25, -0.2) is 4.79 Å². The van der Waals surface area contributed by atoms with Gasteiger partial charge in [-0.05, 0) is 30.2 Å². The first-order valence-electron chi connectivity index (χ1n) is 9.23. The van der Waals surface area contributed by atoms with Crippen molar-refractivity contribution in [2.75, 3.05) is 11.1 Å². The van der Waals surface area contributed by atoms with Crippen LogP contribution in [0.15, 0.2) is 46.1 Å². The number of nitrogens with zero attached hydrogens (tertiary/aromatic N) is 3. The van der Waals surface area contributed by atoms with Gasteiger partial charge in [-0.1, -0.05) is 19.1 Å². The van der Waals surface area contributed by atoms with Gasteiger partial charge in [-0.2, -0.15) is 18.3 Å². The molecule has 0 aliphatic heterocycles.